The molecule has 1 atom stereocenters. The molecule has 0 aliphatic carbocycles. The molecule has 0 saturated heterocycles. The van der Waals surface area contributed by atoms with Crippen molar-refractivity contribution in [1.29, 1.82) is 0 Å². The Kier molecular flexibility index (Phi) is 7.23. The minimum absolute atomic E-state index is 0.0325. The number of nitrogens with zero attached hydrogens (tertiary/aromatic N) is 2. The van der Waals surface area contributed by atoms with E-state index in [4.69, 9.17) is 14.0 Å². The molecule has 0 spiro atoms. The summed E-state index contributed by atoms with van der Waals surface area (Å²) in [4.78, 5) is 16.6. The normalized spacial score (nSPS) is 11.9. The highest BCUT2D eigenvalue weighted by molar-refractivity contribution is 5.76. The van der Waals surface area contributed by atoms with Crippen molar-refractivity contribution in [3.8, 4) is 22.9 Å². The molecule has 0 aliphatic heterocycles. The van der Waals surface area contributed by atoms with Crippen molar-refractivity contribution in [2.45, 2.75) is 45.8 Å². The molecule has 1 aromatic heterocycles. The summed E-state index contributed by atoms with van der Waals surface area (Å²) in [6, 6.07) is 11.2. The first kappa shape index (κ1) is 22.3. The highest BCUT2D eigenvalue weighted by Crippen LogP contribution is 2.31. The molecule has 1 unspecified atom stereocenters. The van der Waals surface area contributed by atoms with Gasteiger partial charge in [-0.3, -0.25) is 4.79 Å². The molecular weight excluding hydrogens is 401 g/mol. The summed E-state index contributed by atoms with van der Waals surface area (Å²) in [5.41, 5.74) is 1.55. The van der Waals surface area contributed by atoms with Crippen LogP contribution in [0.4, 0.5) is 4.39 Å². The topological polar surface area (TPSA) is 86.5 Å². The molecule has 1 amide bonds. The number of aryl methyl sites for hydroxylation is 1. The van der Waals surface area contributed by atoms with Crippen LogP contribution in [0.2, 0.25) is 0 Å². The fourth-order valence-electron chi connectivity index (χ4n) is 2.99. The lowest BCUT2D eigenvalue weighted by Gasteiger charge is -2.18. The Balaban J connectivity index is 1.55. The number of halogens is 1. The predicted octanol–water partition coefficient (Wildman–Crippen LogP) is 4.48. The van der Waals surface area contributed by atoms with Gasteiger partial charge in [-0.15, -0.1) is 0 Å². The molecule has 3 aromatic rings. The SMILES string of the molecule is COc1cc(C(C)NC(=O)CCc2nc(-c3ccc(F)cc3)no2)ccc1OC(C)C. The summed E-state index contributed by atoms with van der Waals surface area (Å²) in [6.07, 6.45) is 0.531. The summed E-state index contributed by atoms with van der Waals surface area (Å²) in [5, 5.41) is 6.84. The van der Waals surface area contributed by atoms with Crippen LogP contribution in [0, 0.1) is 5.82 Å². The van der Waals surface area contributed by atoms with Gasteiger partial charge in [0.05, 0.1) is 19.3 Å². The van der Waals surface area contributed by atoms with E-state index < -0.39 is 0 Å². The molecule has 0 fully saturated rings. The first-order chi connectivity index (χ1) is 14.9. The Hall–Kier alpha value is -3.42. The van der Waals surface area contributed by atoms with Crippen LogP contribution in [0.15, 0.2) is 47.0 Å². The van der Waals surface area contributed by atoms with Gasteiger partial charge in [-0.05, 0) is 62.7 Å². The Labute approximate surface area is 180 Å². The third kappa shape index (κ3) is 6.04. The number of methoxy groups -OCH3 is 1. The van der Waals surface area contributed by atoms with E-state index in [1.807, 2.05) is 39.0 Å². The standard InChI is InChI=1S/C23H26FN3O4/c1-14(2)30-19-10-7-17(13-20(19)29-4)15(3)25-21(28)11-12-22-26-23(27-31-22)16-5-8-18(24)9-6-16/h5-10,13-15H,11-12H2,1-4H3,(H,25,28). The zero-order valence-corrected chi connectivity index (χ0v) is 18.0. The van der Waals surface area contributed by atoms with E-state index in [-0.39, 0.29) is 30.3 Å². The molecule has 1 N–H and O–H groups in total. The third-order valence-corrected chi connectivity index (χ3v) is 4.56. The van der Waals surface area contributed by atoms with Crippen LogP contribution in [0.1, 0.15) is 44.7 Å². The zero-order chi connectivity index (χ0) is 22.4. The van der Waals surface area contributed by atoms with E-state index in [2.05, 4.69) is 15.5 Å². The van der Waals surface area contributed by atoms with Gasteiger partial charge in [0.15, 0.2) is 11.5 Å². The number of nitrogens with one attached hydrogen (secondary N) is 1. The van der Waals surface area contributed by atoms with Crippen LogP contribution in [-0.2, 0) is 11.2 Å². The second kappa shape index (κ2) is 10.1. The number of rotatable bonds is 9. The molecule has 8 heteroatoms. The molecule has 0 bridgehead atoms. The van der Waals surface area contributed by atoms with E-state index in [0.29, 0.717) is 35.2 Å². The molecule has 0 aliphatic rings. The van der Waals surface area contributed by atoms with E-state index in [0.717, 1.165) is 5.56 Å². The lowest BCUT2D eigenvalue weighted by Crippen LogP contribution is -2.26. The van der Waals surface area contributed by atoms with Gasteiger partial charge in [-0.2, -0.15) is 4.98 Å². The van der Waals surface area contributed by atoms with Gasteiger partial charge in [0, 0.05) is 18.4 Å². The number of carbonyl (C=O) groups excluding carboxylic acids is 1. The highest BCUT2D eigenvalue weighted by Gasteiger charge is 2.15. The average Bonchev–Trinajstić information content (AvgIpc) is 3.21. The Morgan fingerprint density at radius 3 is 2.55 bits per heavy atom. The molecular formula is C23H26FN3O4. The summed E-state index contributed by atoms with van der Waals surface area (Å²) >= 11 is 0. The molecule has 31 heavy (non-hydrogen) atoms. The van der Waals surface area contributed by atoms with Crippen molar-refractivity contribution >= 4 is 5.91 Å². The Morgan fingerprint density at radius 2 is 1.87 bits per heavy atom. The van der Waals surface area contributed by atoms with Crippen molar-refractivity contribution in [3.05, 3.63) is 59.7 Å². The number of aromatic nitrogens is 2. The zero-order valence-electron chi connectivity index (χ0n) is 18.0. The first-order valence-electron chi connectivity index (χ1n) is 10.1. The van der Waals surface area contributed by atoms with Gasteiger partial charge >= 0.3 is 0 Å². The minimum atomic E-state index is -0.335. The van der Waals surface area contributed by atoms with Crippen molar-refractivity contribution in [2.24, 2.45) is 0 Å². The van der Waals surface area contributed by atoms with Crippen molar-refractivity contribution < 1.29 is 23.2 Å². The van der Waals surface area contributed by atoms with E-state index >= 15 is 0 Å². The lowest BCUT2D eigenvalue weighted by molar-refractivity contribution is -0.121. The maximum Gasteiger partial charge on any atom is 0.227 e. The lowest BCUT2D eigenvalue weighted by atomic mass is 10.1. The fourth-order valence-corrected chi connectivity index (χ4v) is 2.99. The molecule has 7 nitrogen and oxygen atoms in total. The minimum Gasteiger partial charge on any atom is -0.493 e. The van der Waals surface area contributed by atoms with Crippen molar-refractivity contribution in [1.82, 2.24) is 15.5 Å². The maximum absolute atomic E-state index is 13.0. The molecule has 164 valence electrons. The molecule has 0 radical (unpaired) electrons. The van der Waals surface area contributed by atoms with E-state index in [1.165, 1.54) is 12.1 Å². The van der Waals surface area contributed by atoms with Gasteiger partial charge in [-0.25, -0.2) is 4.39 Å². The Morgan fingerprint density at radius 1 is 1.13 bits per heavy atom. The second-order valence-corrected chi connectivity index (χ2v) is 7.38. The summed E-state index contributed by atoms with van der Waals surface area (Å²) < 4.78 is 29.4. The molecule has 3 rings (SSSR count). The van der Waals surface area contributed by atoms with Crippen LogP contribution in [0.25, 0.3) is 11.4 Å². The predicted molar refractivity (Wildman–Crippen MR) is 113 cm³/mol. The van der Waals surface area contributed by atoms with Gasteiger partial charge in [-0.1, -0.05) is 11.2 Å². The smallest absolute Gasteiger partial charge is 0.227 e. The third-order valence-electron chi connectivity index (χ3n) is 4.56. The monoisotopic (exact) mass is 427 g/mol. The number of benzene rings is 2. The number of hydrogen-bond acceptors (Lipinski definition) is 6. The second-order valence-electron chi connectivity index (χ2n) is 7.38. The average molecular weight is 427 g/mol. The van der Waals surface area contributed by atoms with Crippen LogP contribution >= 0.6 is 0 Å². The Bertz CT molecular complexity index is 1020. The van der Waals surface area contributed by atoms with Crippen LogP contribution < -0.4 is 14.8 Å². The highest BCUT2D eigenvalue weighted by atomic mass is 19.1. The number of amides is 1. The molecule has 1 heterocycles. The van der Waals surface area contributed by atoms with E-state index in [1.54, 1.807) is 19.2 Å². The van der Waals surface area contributed by atoms with Crippen LogP contribution in [-0.4, -0.2) is 29.3 Å². The van der Waals surface area contributed by atoms with E-state index in [9.17, 15) is 9.18 Å². The van der Waals surface area contributed by atoms with Crippen molar-refractivity contribution in [3.63, 3.8) is 0 Å². The van der Waals surface area contributed by atoms with Gasteiger partial charge in [0.25, 0.3) is 0 Å². The number of carbonyl (C=O) groups is 1. The van der Waals surface area contributed by atoms with Crippen molar-refractivity contribution in [2.75, 3.05) is 7.11 Å². The van der Waals surface area contributed by atoms with Crippen LogP contribution in [0.5, 0.6) is 11.5 Å². The molecule has 0 saturated carbocycles. The van der Waals surface area contributed by atoms with Gasteiger partial charge < -0.3 is 19.3 Å². The van der Waals surface area contributed by atoms with Gasteiger partial charge in [0.2, 0.25) is 17.6 Å². The fraction of sp³-hybridized carbons (Fsp3) is 0.348. The largest absolute Gasteiger partial charge is 0.493 e. The maximum atomic E-state index is 13.0. The summed E-state index contributed by atoms with van der Waals surface area (Å²) in [5.74, 6) is 1.51. The number of hydrogen-bond donors (Lipinski definition) is 1. The molecule has 2 aromatic carbocycles. The number of ether oxygens (including phenoxy) is 2. The summed E-state index contributed by atoms with van der Waals surface area (Å²) in [7, 11) is 1.58. The van der Waals surface area contributed by atoms with Gasteiger partial charge in [0.1, 0.15) is 5.82 Å². The van der Waals surface area contributed by atoms with Crippen LogP contribution in [0.3, 0.4) is 0 Å². The summed E-state index contributed by atoms with van der Waals surface area (Å²) in [6.45, 7) is 5.79. The quantitative estimate of drug-likeness (QED) is 0.542. The first-order valence-corrected chi connectivity index (χ1v) is 10.1.